The van der Waals surface area contributed by atoms with Gasteiger partial charge in [-0.15, -0.1) is 11.3 Å². The molecular weight excluding hydrogens is 318 g/mol. The first-order chi connectivity index (χ1) is 10.7. The van der Waals surface area contributed by atoms with Crippen molar-refractivity contribution in [2.24, 2.45) is 0 Å². The van der Waals surface area contributed by atoms with E-state index in [2.05, 4.69) is 15.3 Å². The molecule has 0 aliphatic heterocycles. The molecule has 2 heterocycles. The van der Waals surface area contributed by atoms with Crippen LogP contribution in [0.25, 0.3) is 10.6 Å². The molecule has 0 saturated carbocycles. The second-order valence-electron chi connectivity index (χ2n) is 4.61. The van der Waals surface area contributed by atoms with Gasteiger partial charge in [0.05, 0.1) is 16.1 Å². The largest absolute Gasteiger partial charge is 0.348 e. The number of halogens is 1. The Hall–Kier alpha value is -2.24. The number of benzene rings is 1. The Morgan fingerprint density at radius 1 is 1.27 bits per heavy atom. The van der Waals surface area contributed by atoms with Crippen LogP contribution in [-0.4, -0.2) is 15.9 Å². The van der Waals surface area contributed by atoms with Crippen LogP contribution in [0, 0.1) is 0 Å². The number of thiazole rings is 1. The maximum Gasteiger partial charge on any atom is 0.251 e. The second-order valence-corrected chi connectivity index (χ2v) is 5.93. The fourth-order valence-corrected chi connectivity index (χ4v) is 2.78. The molecular formula is C16H12ClN3OS. The second kappa shape index (κ2) is 6.68. The Balaban J connectivity index is 1.71. The Kier molecular flexibility index (Phi) is 4.46. The maximum absolute atomic E-state index is 12.2. The molecule has 3 rings (SSSR count). The summed E-state index contributed by atoms with van der Waals surface area (Å²) in [5.74, 6) is -0.145. The van der Waals surface area contributed by atoms with Crippen molar-refractivity contribution in [3.05, 3.63) is 70.5 Å². The van der Waals surface area contributed by atoms with Crippen LogP contribution in [0.4, 0.5) is 0 Å². The molecule has 0 bridgehead atoms. The average Bonchev–Trinajstić information content (AvgIpc) is 3.07. The average molecular weight is 330 g/mol. The van der Waals surface area contributed by atoms with Gasteiger partial charge in [0.2, 0.25) is 0 Å². The van der Waals surface area contributed by atoms with Crippen molar-refractivity contribution < 1.29 is 4.79 Å². The summed E-state index contributed by atoms with van der Waals surface area (Å²) >= 11 is 7.42. The summed E-state index contributed by atoms with van der Waals surface area (Å²) < 4.78 is 0. The summed E-state index contributed by atoms with van der Waals surface area (Å²) in [4.78, 5) is 21.5. The minimum atomic E-state index is -0.145. The summed E-state index contributed by atoms with van der Waals surface area (Å²) in [6, 6.07) is 10.9. The molecule has 3 aromatic rings. The Morgan fingerprint density at radius 3 is 2.95 bits per heavy atom. The zero-order chi connectivity index (χ0) is 15.4. The van der Waals surface area contributed by atoms with E-state index in [0.29, 0.717) is 17.1 Å². The molecule has 0 aliphatic rings. The van der Waals surface area contributed by atoms with Gasteiger partial charge in [0.15, 0.2) is 0 Å². The lowest BCUT2D eigenvalue weighted by atomic mass is 10.2. The summed E-state index contributed by atoms with van der Waals surface area (Å²) in [5, 5.41) is 3.53. The molecule has 1 N–H and O–H groups in total. The van der Waals surface area contributed by atoms with E-state index in [1.165, 1.54) is 11.3 Å². The number of pyridine rings is 1. The molecule has 0 fully saturated rings. The lowest BCUT2D eigenvalue weighted by Gasteiger charge is -2.06. The molecule has 6 heteroatoms. The third kappa shape index (κ3) is 3.50. The first-order valence-electron chi connectivity index (χ1n) is 6.60. The topological polar surface area (TPSA) is 54.9 Å². The first-order valence-corrected chi connectivity index (χ1v) is 7.86. The molecule has 0 unspecified atom stereocenters. The molecule has 1 amide bonds. The van der Waals surface area contributed by atoms with Crippen LogP contribution in [-0.2, 0) is 6.54 Å². The van der Waals surface area contributed by atoms with E-state index in [9.17, 15) is 4.79 Å². The Morgan fingerprint density at radius 2 is 2.18 bits per heavy atom. The van der Waals surface area contributed by atoms with Crippen LogP contribution in [0.2, 0.25) is 5.02 Å². The van der Waals surface area contributed by atoms with Gasteiger partial charge in [-0.3, -0.25) is 14.8 Å². The predicted molar refractivity (Wildman–Crippen MR) is 88.0 cm³/mol. The fraction of sp³-hybridized carbons (Fsp3) is 0.0625. The van der Waals surface area contributed by atoms with Gasteiger partial charge in [-0.2, -0.15) is 0 Å². The SMILES string of the molecule is O=C(NCc1cccc(Cl)c1)c1ccnc(-c2cncs2)c1. The van der Waals surface area contributed by atoms with Gasteiger partial charge in [-0.05, 0) is 29.8 Å². The van der Waals surface area contributed by atoms with Gasteiger partial charge >= 0.3 is 0 Å². The number of nitrogens with zero attached hydrogens (tertiary/aromatic N) is 2. The number of amides is 1. The van der Waals surface area contributed by atoms with Crippen molar-refractivity contribution in [1.82, 2.24) is 15.3 Å². The van der Waals surface area contributed by atoms with Gasteiger partial charge in [0, 0.05) is 29.5 Å². The summed E-state index contributed by atoms with van der Waals surface area (Å²) in [6.45, 7) is 0.428. The van der Waals surface area contributed by atoms with Crippen molar-refractivity contribution in [2.75, 3.05) is 0 Å². The smallest absolute Gasteiger partial charge is 0.251 e. The van der Waals surface area contributed by atoms with E-state index in [0.717, 1.165) is 16.1 Å². The van der Waals surface area contributed by atoms with Crippen molar-refractivity contribution in [2.45, 2.75) is 6.54 Å². The molecule has 110 valence electrons. The molecule has 1 aromatic carbocycles. The van der Waals surface area contributed by atoms with E-state index in [1.807, 2.05) is 18.2 Å². The van der Waals surface area contributed by atoms with Crippen molar-refractivity contribution in [1.29, 1.82) is 0 Å². The first kappa shape index (κ1) is 14.7. The van der Waals surface area contributed by atoms with Crippen LogP contribution < -0.4 is 5.32 Å². The van der Waals surface area contributed by atoms with Crippen LogP contribution in [0.1, 0.15) is 15.9 Å². The van der Waals surface area contributed by atoms with Crippen LogP contribution in [0.3, 0.4) is 0 Å². The molecule has 0 atom stereocenters. The Labute approximate surface area is 136 Å². The number of hydrogen-bond acceptors (Lipinski definition) is 4. The minimum absolute atomic E-state index is 0.145. The molecule has 4 nitrogen and oxygen atoms in total. The molecule has 2 aromatic heterocycles. The highest BCUT2D eigenvalue weighted by molar-refractivity contribution is 7.13. The number of rotatable bonds is 4. The standard InChI is InChI=1S/C16H12ClN3OS/c17-13-3-1-2-11(6-13)8-20-16(21)12-4-5-19-14(7-12)15-9-18-10-22-15/h1-7,9-10H,8H2,(H,20,21). The molecule has 0 radical (unpaired) electrons. The van der Waals surface area contributed by atoms with Crippen molar-refractivity contribution in [3.8, 4) is 10.6 Å². The van der Waals surface area contributed by atoms with Crippen molar-refractivity contribution >= 4 is 28.8 Å². The van der Waals surface area contributed by atoms with Gasteiger partial charge in [-0.1, -0.05) is 23.7 Å². The highest BCUT2D eigenvalue weighted by atomic mass is 35.5. The number of aromatic nitrogens is 2. The highest BCUT2D eigenvalue weighted by Crippen LogP contribution is 2.21. The lowest BCUT2D eigenvalue weighted by Crippen LogP contribution is -2.22. The van der Waals surface area contributed by atoms with Gasteiger partial charge < -0.3 is 5.32 Å². The minimum Gasteiger partial charge on any atom is -0.348 e. The van der Waals surface area contributed by atoms with E-state index < -0.39 is 0 Å². The van der Waals surface area contributed by atoms with Gasteiger partial charge in [-0.25, -0.2) is 0 Å². The lowest BCUT2D eigenvalue weighted by molar-refractivity contribution is 0.0951. The fourth-order valence-electron chi connectivity index (χ4n) is 1.98. The number of nitrogens with one attached hydrogen (secondary N) is 1. The molecule has 0 aliphatic carbocycles. The maximum atomic E-state index is 12.2. The van der Waals surface area contributed by atoms with E-state index >= 15 is 0 Å². The summed E-state index contributed by atoms with van der Waals surface area (Å²) in [5.41, 5.74) is 4.01. The molecule has 22 heavy (non-hydrogen) atoms. The highest BCUT2D eigenvalue weighted by Gasteiger charge is 2.09. The predicted octanol–water partition coefficient (Wildman–Crippen LogP) is 3.79. The number of hydrogen-bond donors (Lipinski definition) is 1. The molecule has 0 spiro atoms. The van der Waals surface area contributed by atoms with Crippen molar-refractivity contribution in [3.63, 3.8) is 0 Å². The van der Waals surface area contributed by atoms with E-state index in [-0.39, 0.29) is 5.91 Å². The summed E-state index contributed by atoms with van der Waals surface area (Å²) in [7, 11) is 0. The van der Waals surface area contributed by atoms with Gasteiger partial charge in [0.25, 0.3) is 5.91 Å². The Bertz CT molecular complexity index is 790. The van der Waals surface area contributed by atoms with E-state index in [1.54, 1.807) is 36.1 Å². The van der Waals surface area contributed by atoms with E-state index in [4.69, 9.17) is 11.6 Å². The summed E-state index contributed by atoms with van der Waals surface area (Å²) in [6.07, 6.45) is 3.37. The zero-order valence-electron chi connectivity index (χ0n) is 11.5. The normalized spacial score (nSPS) is 10.4. The third-order valence-corrected chi connectivity index (χ3v) is 4.08. The number of carbonyl (C=O) groups excluding carboxylic acids is 1. The van der Waals surface area contributed by atoms with Crippen LogP contribution in [0.5, 0.6) is 0 Å². The third-order valence-electron chi connectivity index (χ3n) is 3.05. The quantitative estimate of drug-likeness (QED) is 0.792. The monoisotopic (exact) mass is 329 g/mol. The zero-order valence-corrected chi connectivity index (χ0v) is 13.1. The van der Waals surface area contributed by atoms with Gasteiger partial charge in [0.1, 0.15) is 0 Å². The van der Waals surface area contributed by atoms with Crippen LogP contribution in [0.15, 0.2) is 54.3 Å². The number of carbonyl (C=O) groups is 1. The van der Waals surface area contributed by atoms with Crippen LogP contribution >= 0.6 is 22.9 Å². The molecule has 0 saturated heterocycles.